The molecule has 3 rings (SSSR count). The summed E-state index contributed by atoms with van der Waals surface area (Å²) in [5.74, 6) is 0. The molecular formula is C12H14N4S. The van der Waals surface area contributed by atoms with Crippen LogP contribution in [-0.4, -0.2) is 21.2 Å². The fourth-order valence-corrected chi connectivity index (χ4v) is 2.34. The molecule has 1 aliphatic carbocycles. The lowest BCUT2D eigenvalue weighted by Gasteiger charge is -1.96. The molecule has 0 aromatic carbocycles. The normalized spacial score (nSPS) is 15.1. The van der Waals surface area contributed by atoms with Gasteiger partial charge in [0.15, 0.2) is 0 Å². The summed E-state index contributed by atoms with van der Waals surface area (Å²) in [6, 6.07) is 4.75. The molecule has 0 spiro atoms. The number of hydrogen-bond donors (Lipinski definition) is 1. The molecule has 1 N–H and O–H groups in total. The van der Waals surface area contributed by atoms with Crippen LogP contribution in [0, 0.1) is 6.92 Å². The average molecular weight is 246 g/mol. The van der Waals surface area contributed by atoms with Gasteiger partial charge in [-0.15, -0.1) is 10.2 Å². The predicted molar refractivity (Wildman–Crippen MR) is 67.7 cm³/mol. The van der Waals surface area contributed by atoms with Crippen LogP contribution in [0.5, 0.6) is 0 Å². The Morgan fingerprint density at radius 2 is 2.24 bits per heavy atom. The summed E-state index contributed by atoms with van der Waals surface area (Å²) >= 11 is 1.64. The molecule has 1 fully saturated rings. The maximum Gasteiger partial charge on any atom is 0.149 e. The van der Waals surface area contributed by atoms with Gasteiger partial charge in [-0.05, 0) is 31.9 Å². The summed E-state index contributed by atoms with van der Waals surface area (Å²) in [6.07, 6.45) is 4.45. The lowest BCUT2D eigenvalue weighted by Crippen LogP contribution is -2.14. The summed E-state index contributed by atoms with van der Waals surface area (Å²) in [4.78, 5) is 4.27. The van der Waals surface area contributed by atoms with Crippen molar-refractivity contribution in [2.24, 2.45) is 0 Å². The van der Waals surface area contributed by atoms with Gasteiger partial charge in [-0.3, -0.25) is 4.98 Å². The molecule has 0 unspecified atom stereocenters. The third kappa shape index (κ3) is 2.68. The molecule has 0 radical (unpaired) electrons. The molecule has 17 heavy (non-hydrogen) atoms. The Morgan fingerprint density at radius 3 is 2.94 bits per heavy atom. The van der Waals surface area contributed by atoms with Crippen LogP contribution in [0.2, 0.25) is 0 Å². The van der Waals surface area contributed by atoms with E-state index >= 15 is 0 Å². The zero-order valence-electron chi connectivity index (χ0n) is 9.68. The van der Waals surface area contributed by atoms with Gasteiger partial charge < -0.3 is 5.32 Å². The van der Waals surface area contributed by atoms with Crippen molar-refractivity contribution in [2.75, 3.05) is 0 Å². The Bertz CT molecular complexity index is 501. The van der Waals surface area contributed by atoms with Crippen molar-refractivity contribution in [3.05, 3.63) is 29.0 Å². The van der Waals surface area contributed by atoms with Crippen molar-refractivity contribution in [1.29, 1.82) is 0 Å². The minimum Gasteiger partial charge on any atom is -0.308 e. The van der Waals surface area contributed by atoms with E-state index in [1.54, 1.807) is 11.3 Å². The van der Waals surface area contributed by atoms with Gasteiger partial charge in [0.25, 0.3) is 0 Å². The third-order valence-electron chi connectivity index (χ3n) is 2.74. The molecule has 1 saturated carbocycles. The van der Waals surface area contributed by atoms with E-state index in [0.717, 1.165) is 27.8 Å². The number of pyridine rings is 1. The lowest BCUT2D eigenvalue weighted by atomic mass is 10.3. The van der Waals surface area contributed by atoms with Crippen molar-refractivity contribution in [1.82, 2.24) is 20.5 Å². The topological polar surface area (TPSA) is 50.7 Å². The van der Waals surface area contributed by atoms with E-state index in [1.165, 1.54) is 12.8 Å². The van der Waals surface area contributed by atoms with Crippen LogP contribution >= 0.6 is 11.3 Å². The van der Waals surface area contributed by atoms with Crippen LogP contribution in [0.1, 0.15) is 23.5 Å². The molecule has 2 aromatic heterocycles. The number of nitrogens with one attached hydrogen (secondary N) is 1. The lowest BCUT2D eigenvalue weighted by molar-refractivity contribution is 0.679. The molecule has 0 atom stereocenters. The minimum atomic E-state index is 0.711. The van der Waals surface area contributed by atoms with Crippen molar-refractivity contribution in [2.45, 2.75) is 32.4 Å². The van der Waals surface area contributed by atoms with Crippen LogP contribution < -0.4 is 5.32 Å². The first-order valence-corrected chi connectivity index (χ1v) is 6.62. The van der Waals surface area contributed by atoms with Crippen LogP contribution in [0.3, 0.4) is 0 Å². The van der Waals surface area contributed by atoms with E-state index < -0.39 is 0 Å². The fourth-order valence-electron chi connectivity index (χ4n) is 1.56. The van der Waals surface area contributed by atoms with Crippen molar-refractivity contribution in [3.8, 4) is 10.6 Å². The van der Waals surface area contributed by atoms with Crippen LogP contribution in [0.25, 0.3) is 10.6 Å². The Hall–Kier alpha value is -1.33. The summed E-state index contributed by atoms with van der Waals surface area (Å²) in [6.45, 7) is 2.82. The number of nitrogens with zero attached hydrogens (tertiary/aromatic N) is 3. The SMILES string of the molecule is Cc1ccc(-c2nnc(CNC3CC3)s2)cn1. The Kier molecular flexibility index (Phi) is 2.86. The van der Waals surface area contributed by atoms with Gasteiger partial charge in [0.1, 0.15) is 10.0 Å². The first kappa shape index (κ1) is 10.8. The van der Waals surface area contributed by atoms with E-state index in [9.17, 15) is 0 Å². The summed E-state index contributed by atoms with van der Waals surface area (Å²) < 4.78 is 0. The zero-order valence-corrected chi connectivity index (χ0v) is 10.5. The molecule has 0 bridgehead atoms. The summed E-state index contributed by atoms with van der Waals surface area (Å²) in [5, 5.41) is 13.8. The molecule has 2 heterocycles. The molecule has 88 valence electrons. The van der Waals surface area contributed by atoms with Gasteiger partial charge in [0.2, 0.25) is 0 Å². The highest BCUT2D eigenvalue weighted by Gasteiger charge is 2.20. The van der Waals surface area contributed by atoms with E-state index in [0.29, 0.717) is 6.04 Å². The Labute approximate surface area is 104 Å². The maximum absolute atomic E-state index is 4.27. The predicted octanol–water partition coefficient (Wildman–Crippen LogP) is 2.16. The number of hydrogen-bond acceptors (Lipinski definition) is 5. The largest absolute Gasteiger partial charge is 0.308 e. The third-order valence-corrected chi connectivity index (χ3v) is 3.72. The zero-order chi connectivity index (χ0) is 11.7. The highest BCUT2D eigenvalue weighted by molar-refractivity contribution is 7.14. The van der Waals surface area contributed by atoms with Crippen molar-refractivity contribution >= 4 is 11.3 Å². The molecule has 1 aliphatic rings. The van der Waals surface area contributed by atoms with Crippen molar-refractivity contribution in [3.63, 3.8) is 0 Å². The molecule has 0 amide bonds. The fraction of sp³-hybridized carbons (Fsp3) is 0.417. The van der Waals surface area contributed by atoms with Crippen LogP contribution in [0.15, 0.2) is 18.3 Å². The van der Waals surface area contributed by atoms with E-state index in [-0.39, 0.29) is 0 Å². The first-order valence-electron chi connectivity index (χ1n) is 5.80. The molecule has 0 saturated heterocycles. The Morgan fingerprint density at radius 1 is 1.35 bits per heavy atom. The smallest absolute Gasteiger partial charge is 0.149 e. The standard InChI is InChI=1S/C12H14N4S/c1-8-2-3-9(6-13-8)12-16-15-11(17-12)7-14-10-4-5-10/h2-3,6,10,14H,4-5,7H2,1H3. The monoisotopic (exact) mass is 246 g/mol. The second-order valence-corrected chi connectivity index (χ2v) is 5.41. The van der Waals surface area contributed by atoms with Gasteiger partial charge in [-0.1, -0.05) is 11.3 Å². The second-order valence-electron chi connectivity index (χ2n) is 4.34. The molecule has 5 heteroatoms. The van der Waals surface area contributed by atoms with E-state index in [4.69, 9.17) is 0 Å². The molecule has 4 nitrogen and oxygen atoms in total. The minimum absolute atomic E-state index is 0.711. The maximum atomic E-state index is 4.27. The van der Waals surface area contributed by atoms with Crippen LogP contribution in [0.4, 0.5) is 0 Å². The van der Waals surface area contributed by atoms with Crippen molar-refractivity contribution < 1.29 is 0 Å². The number of aryl methyl sites for hydroxylation is 1. The average Bonchev–Trinajstić information content (AvgIpc) is 3.06. The summed E-state index contributed by atoms with van der Waals surface area (Å²) in [5.41, 5.74) is 2.07. The molecule has 0 aliphatic heterocycles. The first-order chi connectivity index (χ1) is 8.31. The highest BCUT2D eigenvalue weighted by atomic mass is 32.1. The number of rotatable bonds is 4. The van der Waals surface area contributed by atoms with Gasteiger partial charge in [0, 0.05) is 30.0 Å². The van der Waals surface area contributed by atoms with E-state index in [2.05, 4.69) is 20.5 Å². The molecular weight excluding hydrogens is 232 g/mol. The summed E-state index contributed by atoms with van der Waals surface area (Å²) in [7, 11) is 0. The molecule has 2 aromatic rings. The van der Waals surface area contributed by atoms with Gasteiger partial charge in [0.05, 0.1) is 0 Å². The second kappa shape index (κ2) is 4.50. The van der Waals surface area contributed by atoms with E-state index in [1.807, 2.05) is 25.3 Å². The quantitative estimate of drug-likeness (QED) is 0.898. The van der Waals surface area contributed by atoms with Gasteiger partial charge >= 0.3 is 0 Å². The van der Waals surface area contributed by atoms with Crippen LogP contribution in [-0.2, 0) is 6.54 Å². The van der Waals surface area contributed by atoms with Gasteiger partial charge in [-0.2, -0.15) is 0 Å². The van der Waals surface area contributed by atoms with Gasteiger partial charge in [-0.25, -0.2) is 0 Å². The Balaban J connectivity index is 1.72. The highest BCUT2D eigenvalue weighted by Crippen LogP contribution is 2.24. The number of aromatic nitrogens is 3.